The lowest BCUT2D eigenvalue weighted by Gasteiger charge is -1.92. The second-order valence-electron chi connectivity index (χ2n) is 2.39. The first kappa shape index (κ1) is 8.48. The fraction of sp³-hybridized carbons (Fsp3) is 0.625. The summed E-state index contributed by atoms with van der Waals surface area (Å²) in [5, 5.41) is 8.29. The van der Waals surface area contributed by atoms with E-state index in [0.29, 0.717) is 5.92 Å². The van der Waals surface area contributed by atoms with Crippen LogP contribution < -0.4 is 0 Å². The molecule has 0 fully saturated rings. The van der Waals surface area contributed by atoms with Crippen molar-refractivity contribution >= 4 is 0 Å². The Kier molecular flexibility index (Phi) is 5.29. The largest absolute Gasteiger partial charge is 0.392 e. The van der Waals surface area contributed by atoms with Gasteiger partial charge in [0.1, 0.15) is 0 Å². The van der Waals surface area contributed by atoms with Crippen LogP contribution in [0.2, 0.25) is 0 Å². The third-order valence-electron chi connectivity index (χ3n) is 0.916. The van der Waals surface area contributed by atoms with E-state index >= 15 is 0 Å². The summed E-state index contributed by atoms with van der Waals surface area (Å²) in [6.07, 6.45) is 4.60. The van der Waals surface area contributed by atoms with Gasteiger partial charge >= 0.3 is 0 Å². The van der Waals surface area contributed by atoms with Crippen LogP contribution in [-0.4, -0.2) is 11.7 Å². The summed E-state index contributed by atoms with van der Waals surface area (Å²) in [6.45, 7) is 4.39. The highest BCUT2D eigenvalue weighted by Crippen LogP contribution is 1.97. The van der Waals surface area contributed by atoms with Crippen molar-refractivity contribution in [2.24, 2.45) is 5.92 Å². The zero-order valence-electron chi connectivity index (χ0n) is 6.09. The van der Waals surface area contributed by atoms with Gasteiger partial charge in [-0.3, -0.25) is 0 Å². The smallest absolute Gasteiger partial charge is 0.0686 e. The standard InChI is InChI=1S/C8H14O/c1-8(2)6-4-3-5-7-9/h4-5,8-9H,6-7H2,1-2H3. The average molecular weight is 126 g/mol. The summed E-state index contributed by atoms with van der Waals surface area (Å²) in [7, 11) is 0. The molecule has 0 radical (unpaired) electrons. The van der Waals surface area contributed by atoms with E-state index in [0.717, 1.165) is 6.42 Å². The molecule has 0 aromatic rings. The summed E-state index contributed by atoms with van der Waals surface area (Å²) in [5.41, 5.74) is 2.87. The van der Waals surface area contributed by atoms with Gasteiger partial charge in [0.05, 0.1) is 6.61 Å². The van der Waals surface area contributed by atoms with E-state index in [-0.39, 0.29) is 6.61 Å². The van der Waals surface area contributed by atoms with E-state index in [1.807, 2.05) is 6.08 Å². The van der Waals surface area contributed by atoms with E-state index in [1.165, 1.54) is 0 Å². The van der Waals surface area contributed by atoms with Crippen LogP contribution in [0.4, 0.5) is 0 Å². The highest BCUT2D eigenvalue weighted by atomic mass is 16.2. The Labute approximate surface area is 56.7 Å². The summed E-state index contributed by atoms with van der Waals surface area (Å²) < 4.78 is 0. The molecule has 0 amide bonds. The number of hydrogen-bond acceptors (Lipinski definition) is 1. The summed E-state index contributed by atoms with van der Waals surface area (Å²) in [6, 6.07) is 0. The molecule has 0 aliphatic carbocycles. The number of aliphatic hydroxyl groups excluding tert-OH is 1. The fourth-order valence-electron chi connectivity index (χ4n) is 0.440. The Hall–Kier alpha value is -0.520. The number of rotatable bonds is 3. The van der Waals surface area contributed by atoms with Crippen LogP contribution >= 0.6 is 0 Å². The molecular weight excluding hydrogens is 112 g/mol. The van der Waals surface area contributed by atoms with Gasteiger partial charge in [-0.15, -0.1) is 5.73 Å². The predicted octanol–water partition coefficient (Wildman–Crippen LogP) is 1.74. The van der Waals surface area contributed by atoms with E-state index in [9.17, 15) is 0 Å². The molecule has 0 aromatic heterocycles. The fourth-order valence-corrected chi connectivity index (χ4v) is 0.440. The molecule has 1 heteroatoms. The molecule has 0 heterocycles. The first-order valence-corrected chi connectivity index (χ1v) is 3.27. The first-order chi connectivity index (χ1) is 4.27. The van der Waals surface area contributed by atoms with Crippen molar-refractivity contribution in [3.05, 3.63) is 17.9 Å². The predicted molar refractivity (Wildman–Crippen MR) is 39.2 cm³/mol. The Morgan fingerprint density at radius 3 is 2.56 bits per heavy atom. The maximum atomic E-state index is 8.29. The van der Waals surface area contributed by atoms with Gasteiger partial charge in [0.25, 0.3) is 0 Å². The van der Waals surface area contributed by atoms with Gasteiger partial charge in [-0.2, -0.15) is 0 Å². The molecular formula is C8H14O. The zero-order valence-corrected chi connectivity index (χ0v) is 6.09. The maximum absolute atomic E-state index is 8.29. The van der Waals surface area contributed by atoms with Crippen LogP contribution in [0.1, 0.15) is 20.3 Å². The molecule has 0 saturated heterocycles. The van der Waals surface area contributed by atoms with Gasteiger partial charge in [0.2, 0.25) is 0 Å². The Balaban J connectivity index is 3.35. The second-order valence-corrected chi connectivity index (χ2v) is 2.39. The lowest BCUT2D eigenvalue weighted by Crippen LogP contribution is -1.79. The van der Waals surface area contributed by atoms with Crippen molar-refractivity contribution in [1.29, 1.82) is 0 Å². The number of hydrogen-bond donors (Lipinski definition) is 1. The highest BCUT2D eigenvalue weighted by Gasteiger charge is 1.84. The zero-order chi connectivity index (χ0) is 7.11. The van der Waals surface area contributed by atoms with E-state index in [1.54, 1.807) is 6.08 Å². The third kappa shape index (κ3) is 7.48. The van der Waals surface area contributed by atoms with Crippen LogP contribution in [0.15, 0.2) is 17.9 Å². The van der Waals surface area contributed by atoms with Gasteiger partial charge < -0.3 is 5.11 Å². The lowest BCUT2D eigenvalue weighted by atomic mass is 10.1. The molecule has 9 heavy (non-hydrogen) atoms. The molecule has 0 saturated carbocycles. The first-order valence-electron chi connectivity index (χ1n) is 3.27. The Bertz CT molecular complexity index is 108. The summed E-state index contributed by atoms with van der Waals surface area (Å²) >= 11 is 0. The van der Waals surface area contributed by atoms with Gasteiger partial charge in [-0.1, -0.05) is 13.8 Å². The van der Waals surface area contributed by atoms with E-state index in [2.05, 4.69) is 19.6 Å². The molecule has 0 atom stereocenters. The maximum Gasteiger partial charge on any atom is 0.0686 e. The number of aliphatic hydroxyl groups is 1. The molecule has 0 aromatic carbocycles. The lowest BCUT2D eigenvalue weighted by molar-refractivity contribution is 0.343. The molecule has 0 spiro atoms. The van der Waals surface area contributed by atoms with Crippen LogP contribution in [0, 0.1) is 5.92 Å². The van der Waals surface area contributed by atoms with Crippen molar-refractivity contribution in [2.45, 2.75) is 20.3 Å². The summed E-state index contributed by atoms with van der Waals surface area (Å²) in [4.78, 5) is 0. The normalized spacial score (nSPS) is 8.89. The molecule has 0 aliphatic heterocycles. The molecule has 0 rings (SSSR count). The SMILES string of the molecule is CC(C)CC=C=CCO. The minimum atomic E-state index is 0.0919. The Morgan fingerprint density at radius 1 is 1.44 bits per heavy atom. The molecule has 0 aliphatic rings. The van der Waals surface area contributed by atoms with Crippen LogP contribution in [-0.2, 0) is 0 Å². The van der Waals surface area contributed by atoms with Crippen molar-refractivity contribution in [3.8, 4) is 0 Å². The minimum absolute atomic E-state index is 0.0919. The van der Waals surface area contributed by atoms with Gasteiger partial charge in [0.15, 0.2) is 0 Å². The van der Waals surface area contributed by atoms with Gasteiger partial charge in [-0.05, 0) is 24.5 Å². The van der Waals surface area contributed by atoms with E-state index in [4.69, 9.17) is 5.11 Å². The average Bonchev–Trinajstić information content (AvgIpc) is 1.80. The minimum Gasteiger partial charge on any atom is -0.392 e. The Morgan fingerprint density at radius 2 is 2.11 bits per heavy atom. The summed E-state index contributed by atoms with van der Waals surface area (Å²) in [5.74, 6) is 0.685. The topological polar surface area (TPSA) is 20.2 Å². The van der Waals surface area contributed by atoms with Crippen LogP contribution in [0.25, 0.3) is 0 Å². The second kappa shape index (κ2) is 5.61. The van der Waals surface area contributed by atoms with Gasteiger partial charge in [-0.25, -0.2) is 0 Å². The van der Waals surface area contributed by atoms with Crippen LogP contribution in [0.5, 0.6) is 0 Å². The van der Waals surface area contributed by atoms with Crippen molar-refractivity contribution < 1.29 is 5.11 Å². The third-order valence-corrected chi connectivity index (χ3v) is 0.916. The molecule has 0 bridgehead atoms. The van der Waals surface area contributed by atoms with Crippen molar-refractivity contribution in [1.82, 2.24) is 0 Å². The quantitative estimate of drug-likeness (QED) is 0.571. The monoisotopic (exact) mass is 126 g/mol. The van der Waals surface area contributed by atoms with Crippen molar-refractivity contribution in [3.63, 3.8) is 0 Å². The molecule has 0 unspecified atom stereocenters. The van der Waals surface area contributed by atoms with Crippen molar-refractivity contribution in [2.75, 3.05) is 6.61 Å². The molecule has 1 N–H and O–H groups in total. The van der Waals surface area contributed by atoms with Gasteiger partial charge in [0, 0.05) is 0 Å². The van der Waals surface area contributed by atoms with E-state index < -0.39 is 0 Å². The molecule has 52 valence electrons. The van der Waals surface area contributed by atoms with Crippen LogP contribution in [0.3, 0.4) is 0 Å². The highest BCUT2D eigenvalue weighted by molar-refractivity contribution is 4.84. The molecule has 1 nitrogen and oxygen atoms in total.